The number of carbonyl (C=O) groups excluding carboxylic acids is 2. The Balaban J connectivity index is 1.51. The molecule has 3 amide bonds. The van der Waals surface area contributed by atoms with Crippen LogP contribution < -0.4 is 14.8 Å². The van der Waals surface area contributed by atoms with Crippen LogP contribution >= 0.6 is 0 Å². The Morgan fingerprint density at radius 3 is 2.44 bits per heavy atom. The summed E-state index contributed by atoms with van der Waals surface area (Å²) in [7, 11) is 0. The fourth-order valence-corrected chi connectivity index (χ4v) is 3.42. The number of imide groups is 1. The smallest absolute Gasteiger partial charge is 0.329 e. The molecule has 1 saturated heterocycles. The lowest BCUT2D eigenvalue weighted by atomic mass is 10.1. The maximum Gasteiger partial charge on any atom is 0.329 e. The zero-order valence-electron chi connectivity index (χ0n) is 18.4. The minimum Gasteiger partial charge on any atom is -0.490 e. The maximum absolute atomic E-state index is 14.0. The van der Waals surface area contributed by atoms with Crippen LogP contribution in [0, 0.1) is 11.6 Å². The summed E-state index contributed by atoms with van der Waals surface area (Å²) in [5.41, 5.74) is 1.72. The summed E-state index contributed by atoms with van der Waals surface area (Å²) >= 11 is 0. The van der Waals surface area contributed by atoms with Crippen LogP contribution in [0.5, 0.6) is 11.5 Å². The summed E-state index contributed by atoms with van der Waals surface area (Å²) in [4.78, 5) is 26.0. The van der Waals surface area contributed by atoms with Gasteiger partial charge in [-0.05, 0) is 54.5 Å². The van der Waals surface area contributed by atoms with Crippen molar-refractivity contribution in [2.24, 2.45) is 0 Å². The first-order valence-corrected chi connectivity index (χ1v) is 10.7. The summed E-state index contributed by atoms with van der Waals surface area (Å²) in [6.07, 6.45) is 1.52. The molecule has 8 heteroatoms. The highest BCUT2D eigenvalue weighted by molar-refractivity contribution is 6.13. The van der Waals surface area contributed by atoms with E-state index < -0.39 is 17.8 Å². The fourth-order valence-electron chi connectivity index (χ4n) is 3.42. The monoisotopic (exact) mass is 464 g/mol. The van der Waals surface area contributed by atoms with Gasteiger partial charge in [-0.3, -0.25) is 9.69 Å². The molecule has 0 radical (unpaired) electrons. The highest BCUT2D eigenvalue weighted by atomic mass is 19.1. The molecule has 4 rings (SSSR count). The van der Waals surface area contributed by atoms with Gasteiger partial charge in [-0.2, -0.15) is 0 Å². The third kappa shape index (κ3) is 5.23. The molecule has 1 aliphatic heterocycles. The van der Waals surface area contributed by atoms with Crippen molar-refractivity contribution in [1.82, 2.24) is 10.2 Å². The molecule has 1 fully saturated rings. The number of nitrogens with one attached hydrogen (secondary N) is 1. The van der Waals surface area contributed by atoms with E-state index in [4.69, 9.17) is 9.47 Å². The number of hydrogen-bond donors (Lipinski definition) is 1. The van der Waals surface area contributed by atoms with Gasteiger partial charge in [0.05, 0.1) is 13.2 Å². The van der Waals surface area contributed by atoms with Crippen LogP contribution in [-0.4, -0.2) is 23.4 Å². The van der Waals surface area contributed by atoms with Gasteiger partial charge in [0.2, 0.25) is 0 Å². The van der Waals surface area contributed by atoms with Gasteiger partial charge in [0, 0.05) is 5.56 Å². The zero-order chi connectivity index (χ0) is 24.1. The molecule has 0 aliphatic carbocycles. The number of urea groups is 1. The number of carbonyl (C=O) groups is 2. The van der Waals surface area contributed by atoms with Gasteiger partial charge in [0.1, 0.15) is 23.9 Å². The fraction of sp³-hybridized carbons (Fsp3) is 0.154. The van der Waals surface area contributed by atoms with Crippen molar-refractivity contribution in [3.05, 3.63) is 101 Å². The van der Waals surface area contributed by atoms with Crippen LogP contribution in [0.25, 0.3) is 6.08 Å². The summed E-state index contributed by atoms with van der Waals surface area (Å²) in [5, 5.41) is 2.53. The van der Waals surface area contributed by atoms with E-state index in [1.807, 2.05) is 6.92 Å². The van der Waals surface area contributed by atoms with Gasteiger partial charge in [0.15, 0.2) is 11.5 Å². The number of halogens is 2. The lowest BCUT2D eigenvalue weighted by Crippen LogP contribution is -2.30. The van der Waals surface area contributed by atoms with E-state index in [9.17, 15) is 18.4 Å². The molecule has 0 aromatic heterocycles. The lowest BCUT2D eigenvalue weighted by Gasteiger charge is -2.13. The van der Waals surface area contributed by atoms with Crippen LogP contribution in [0.3, 0.4) is 0 Å². The number of amides is 3. The van der Waals surface area contributed by atoms with E-state index in [1.165, 1.54) is 30.3 Å². The molecule has 0 bridgehead atoms. The molecule has 3 aromatic carbocycles. The average Bonchev–Trinajstić information content (AvgIpc) is 3.08. The highest BCUT2D eigenvalue weighted by Gasteiger charge is 2.34. The zero-order valence-corrected chi connectivity index (χ0v) is 18.4. The lowest BCUT2D eigenvalue weighted by molar-refractivity contribution is -0.123. The Bertz CT molecular complexity index is 1240. The second-order valence-electron chi connectivity index (χ2n) is 7.53. The second kappa shape index (κ2) is 10.2. The quantitative estimate of drug-likeness (QED) is 0.375. The molecule has 6 nitrogen and oxygen atoms in total. The van der Waals surface area contributed by atoms with Gasteiger partial charge < -0.3 is 14.8 Å². The summed E-state index contributed by atoms with van der Waals surface area (Å²) in [6.45, 7) is 2.27. The second-order valence-corrected chi connectivity index (χ2v) is 7.53. The Kier molecular flexibility index (Phi) is 6.87. The molecule has 0 atom stereocenters. The largest absolute Gasteiger partial charge is 0.490 e. The Hall–Kier alpha value is -4.20. The number of hydrogen-bond acceptors (Lipinski definition) is 4. The molecule has 174 valence electrons. The van der Waals surface area contributed by atoms with Gasteiger partial charge in [0.25, 0.3) is 5.91 Å². The average molecular weight is 464 g/mol. The normalized spacial score (nSPS) is 14.4. The third-order valence-electron chi connectivity index (χ3n) is 5.13. The van der Waals surface area contributed by atoms with E-state index in [0.717, 1.165) is 10.5 Å². The van der Waals surface area contributed by atoms with Crippen molar-refractivity contribution < 1.29 is 27.8 Å². The predicted octanol–water partition coefficient (Wildman–Crippen LogP) is 5.04. The molecular weight excluding hydrogens is 442 g/mol. The topological polar surface area (TPSA) is 67.9 Å². The molecule has 1 heterocycles. The van der Waals surface area contributed by atoms with Crippen molar-refractivity contribution in [2.45, 2.75) is 20.1 Å². The van der Waals surface area contributed by atoms with E-state index in [1.54, 1.807) is 42.5 Å². The van der Waals surface area contributed by atoms with E-state index in [2.05, 4.69) is 5.32 Å². The first-order chi connectivity index (χ1) is 16.4. The van der Waals surface area contributed by atoms with E-state index in [0.29, 0.717) is 23.7 Å². The van der Waals surface area contributed by atoms with Crippen LogP contribution in [0.2, 0.25) is 0 Å². The van der Waals surface area contributed by atoms with Crippen LogP contribution in [0.15, 0.2) is 72.4 Å². The van der Waals surface area contributed by atoms with Crippen molar-refractivity contribution in [2.75, 3.05) is 6.61 Å². The Morgan fingerprint density at radius 1 is 0.941 bits per heavy atom. The van der Waals surface area contributed by atoms with Crippen molar-refractivity contribution >= 4 is 18.0 Å². The molecular formula is C26H22F2N2O4. The first kappa shape index (κ1) is 23.0. The number of nitrogens with zero attached hydrogens (tertiary/aromatic N) is 1. The van der Waals surface area contributed by atoms with Gasteiger partial charge in [-0.15, -0.1) is 0 Å². The molecule has 1 aliphatic rings. The standard InChI is InChI=1S/C26H22F2N2O4/c1-2-33-24-14-18(9-12-23(24)34-16-17-7-10-20(27)11-8-17)13-22-25(31)30(26(32)29-22)15-19-5-3-4-6-21(19)28/h3-14H,2,15-16H2,1H3,(H,29,32)/b22-13+. The number of ether oxygens (including phenoxy) is 2. The van der Waals surface area contributed by atoms with Gasteiger partial charge in [-0.1, -0.05) is 36.4 Å². The van der Waals surface area contributed by atoms with E-state index >= 15 is 0 Å². The molecule has 34 heavy (non-hydrogen) atoms. The molecule has 1 N–H and O–H groups in total. The number of benzene rings is 3. The summed E-state index contributed by atoms with van der Waals surface area (Å²) in [5.74, 6) is -0.423. The van der Waals surface area contributed by atoms with Crippen LogP contribution in [0.1, 0.15) is 23.6 Å². The van der Waals surface area contributed by atoms with E-state index in [-0.39, 0.29) is 30.2 Å². The predicted molar refractivity (Wildman–Crippen MR) is 122 cm³/mol. The van der Waals surface area contributed by atoms with Crippen molar-refractivity contribution in [3.63, 3.8) is 0 Å². The SMILES string of the molecule is CCOc1cc(/C=C2/NC(=O)N(Cc3ccccc3F)C2=O)ccc1OCc1ccc(F)cc1. The van der Waals surface area contributed by atoms with Gasteiger partial charge >= 0.3 is 6.03 Å². The van der Waals surface area contributed by atoms with Gasteiger partial charge in [-0.25, -0.2) is 13.6 Å². The molecule has 0 spiro atoms. The molecule has 0 saturated carbocycles. The van der Waals surface area contributed by atoms with Crippen LogP contribution in [-0.2, 0) is 17.9 Å². The van der Waals surface area contributed by atoms with Crippen LogP contribution in [0.4, 0.5) is 13.6 Å². The molecule has 0 unspecified atom stereocenters. The molecule has 3 aromatic rings. The Morgan fingerprint density at radius 2 is 1.71 bits per heavy atom. The minimum atomic E-state index is -0.621. The number of rotatable bonds is 8. The summed E-state index contributed by atoms with van der Waals surface area (Å²) in [6, 6.07) is 16.5. The highest BCUT2D eigenvalue weighted by Crippen LogP contribution is 2.30. The Labute approximate surface area is 195 Å². The third-order valence-corrected chi connectivity index (χ3v) is 5.13. The summed E-state index contributed by atoms with van der Waals surface area (Å²) < 4.78 is 38.5. The first-order valence-electron chi connectivity index (χ1n) is 10.7. The van der Waals surface area contributed by atoms with Crippen molar-refractivity contribution in [3.8, 4) is 11.5 Å². The minimum absolute atomic E-state index is 0.0729. The van der Waals surface area contributed by atoms with Crippen molar-refractivity contribution in [1.29, 1.82) is 0 Å². The maximum atomic E-state index is 14.0.